The van der Waals surface area contributed by atoms with E-state index in [1.165, 1.54) is 28.0 Å². The van der Waals surface area contributed by atoms with Crippen molar-refractivity contribution >= 4 is 10.9 Å². The number of fused-ring (bicyclic) bond motifs is 1. The molecule has 0 N–H and O–H groups in total. The second-order valence-electron chi connectivity index (χ2n) is 5.50. The highest BCUT2D eigenvalue weighted by molar-refractivity contribution is 5.88. The second-order valence-corrected chi connectivity index (χ2v) is 5.50. The van der Waals surface area contributed by atoms with Gasteiger partial charge in [-0.1, -0.05) is 48.0 Å². The molecule has 4 rings (SSSR count). The van der Waals surface area contributed by atoms with Crippen molar-refractivity contribution < 1.29 is 0 Å². The average Bonchev–Trinajstić information content (AvgIpc) is 2.96. The molecule has 0 aliphatic carbocycles. The Bertz CT molecular complexity index is 919. The third-order valence-corrected chi connectivity index (χ3v) is 3.96. The Hall–Kier alpha value is -2.87. The molecule has 0 saturated heterocycles. The van der Waals surface area contributed by atoms with Gasteiger partial charge in [0.25, 0.3) is 0 Å². The van der Waals surface area contributed by atoms with Gasteiger partial charge in [-0.25, -0.2) is 0 Å². The Morgan fingerprint density at radius 3 is 2.41 bits per heavy atom. The van der Waals surface area contributed by atoms with Crippen molar-refractivity contribution in [2.75, 3.05) is 0 Å². The Labute approximate surface area is 129 Å². The number of hydrogen-bond acceptors (Lipinski definition) is 1. The second kappa shape index (κ2) is 5.15. The van der Waals surface area contributed by atoms with Crippen molar-refractivity contribution in [3.8, 4) is 16.9 Å². The van der Waals surface area contributed by atoms with Gasteiger partial charge in [0.1, 0.15) is 0 Å². The van der Waals surface area contributed by atoms with Gasteiger partial charge in [-0.2, -0.15) is 0 Å². The summed E-state index contributed by atoms with van der Waals surface area (Å²) < 4.78 is 2.30. The summed E-state index contributed by atoms with van der Waals surface area (Å²) in [5, 5.41) is 1.15. The molecule has 0 amide bonds. The molecule has 0 saturated carbocycles. The van der Waals surface area contributed by atoms with E-state index >= 15 is 0 Å². The molecule has 4 aromatic rings. The minimum atomic E-state index is 1.15. The van der Waals surface area contributed by atoms with Gasteiger partial charge in [-0.05, 0) is 36.8 Å². The molecule has 0 aliphatic rings. The van der Waals surface area contributed by atoms with E-state index < -0.39 is 0 Å². The lowest BCUT2D eigenvalue weighted by Crippen LogP contribution is -1.96. The highest BCUT2D eigenvalue weighted by atomic mass is 15.0. The largest absolute Gasteiger partial charge is 0.309 e. The van der Waals surface area contributed by atoms with Crippen molar-refractivity contribution in [3.05, 3.63) is 84.7 Å². The molecule has 106 valence electrons. The van der Waals surface area contributed by atoms with Crippen LogP contribution >= 0.6 is 0 Å². The molecule has 0 fully saturated rings. The van der Waals surface area contributed by atoms with Gasteiger partial charge < -0.3 is 4.57 Å². The molecule has 0 spiro atoms. The number of nitrogens with zero attached hydrogens (tertiary/aromatic N) is 2. The van der Waals surface area contributed by atoms with Crippen LogP contribution in [0.1, 0.15) is 5.56 Å². The van der Waals surface area contributed by atoms with Crippen LogP contribution in [0, 0.1) is 6.92 Å². The third kappa shape index (κ3) is 2.09. The first-order valence-corrected chi connectivity index (χ1v) is 7.41. The molecule has 2 heteroatoms. The molecule has 0 atom stereocenters. The van der Waals surface area contributed by atoms with E-state index in [1.807, 2.05) is 18.5 Å². The molecular formula is C20H16N2. The van der Waals surface area contributed by atoms with Crippen molar-refractivity contribution in [2.24, 2.45) is 0 Å². The molecule has 0 unspecified atom stereocenters. The maximum atomic E-state index is 4.26. The monoisotopic (exact) mass is 284 g/mol. The summed E-state index contributed by atoms with van der Waals surface area (Å²) in [5.74, 6) is 0. The lowest BCUT2D eigenvalue weighted by atomic mass is 10.1. The number of hydrogen-bond donors (Lipinski definition) is 0. The Kier molecular flexibility index (Phi) is 3.01. The van der Waals surface area contributed by atoms with Crippen LogP contribution < -0.4 is 0 Å². The summed E-state index contributed by atoms with van der Waals surface area (Å²) in [7, 11) is 0. The smallest absolute Gasteiger partial charge is 0.0565 e. The van der Waals surface area contributed by atoms with Crippen LogP contribution in [0.4, 0.5) is 0 Å². The fourth-order valence-electron chi connectivity index (χ4n) is 2.85. The summed E-state index contributed by atoms with van der Waals surface area (Å²) in [5.41, 5.74) is 6.01. The third-order valence-electron chi connectivity index (χ3n) is 3.96. The summed E-state index contributed by atoms with van der Waals surface area (Å²) in [4.78, 5) is 4.26. The Morgan fingerprint density at radius 2 is 1.64 bits per heavy atom. The minimum Gasteiger partial charge on any atom is -0.309 e. The first-order valence-electron chi connectivity index (χ1n) is 7.41. The van der Waals surface area contributed by atoms with E-state index in [1.54, 1.807) is 0 Å². The van der Waals surface area contributed by atoms with Gasteiger partial charge >= 0.3 is 0 Å². The summed E-state index contributed by atoms with van der Waals surface area (Å²) in [6, 6.07) is 23.4. The predicted molar refractivity (Wildman–Crippen MR) is 91.2 cm³/mol. The zero-order valence-electron chi connectivity index (χ0n) is 12.4. The van der Waals surface area contributed by atoms with Gasteiger partial charge in [0.05, 0.1) is 11.2 Å². The zero-order valence-corrected chi connectivity index (χ0v) is 12.4. The van der Waals surface area contributed by atoms with E-state index in [9.17, 15) is 0 Å². The maximum absolute atomic E-state index is 4.26. The fourth-order valence-corrected chi connectivity index (χ4v) is 2.85. The SMILES string of the molecule is Cc1ccc(-n2c(-c3ccccc3)cc3cnccc32)cc1. The fraction of sp³-hybridized carbons (Fsp3) is 0.0500. The maximum Gasteiger partial charge on any atom is 0.0565 e. The van der Waals surface area contributed by atoms with Crippen molar-refractivity contribution in [3.63, 3.8) is 0 Å². The summed E-state index contributed by atoms with van der Waals surface area (Å²) in [6.07, 6.45) is 3.77. The van der Waals surface area contributed by atoms with Gasteiger partial charge in [0, 0.05) is 23.5 Å². The molecule has 2 heterocycles. The van der Waals surface area contributed by atoms with Crippen LogP contribution in [0.2, 0.25) is 0 Å². The molecule has 0 bridgehead atoms. The Morgan fingerprint density at radius 1 is 0.864 bits per heavy atom. The lowest BCUT2D eigenvalue weighted by Gasteiger charge is -2.11. The van der Waals surface area contributed by atoms with Crippen molar-refractivity contribution in [1.29, 1.82) is 0 Å². The average molecular weight is 284 g/mol. The zero-order chi connectivity index (χ0) is 14.9. The normalized spacial score (nSPS) is 11.0. The molecule has 2 aromatic heterocycles. The first-order chi connectivity index (χ1) is 10.8. The van der Waals surface area contributed by atoms with Crippen LogP contribution in [0.3, 0.4) is 0 Å². The van der Waals surface area contributed by atoms with E-state index in [0.29, 0.717) is 0 Å². The molecule has 2 aromatic carbocycles. The van der Waals surface area contributed by atoms with Gasteiger partial charge in [0.2, 0.25) is 0 Å². The topological polar surface area (TPSA) is 17.8 Å². The highest BCUT2D eigenvalue weighted by Gasteiger charge is 2.11. The minimum absolute atomic E-state index is 1.15. The highest BCUT2D eigenvalue weighted by Crippen LogP contribution is 2.31. The van der Waals surface area contributed by atoms with Crippen molar-refractivity contribution in [1.82, 2.24) is 9.55 Å². The van der Waals surface area contributed by atoms with E-state index in [0.717, 1.165) is 5.39 Å². The van der Waals surface area contributed by atoms with Gasteiger partial charge in [-0.3, -0.25) is 4.98 Å². The van der Waals surface area contributed by atoms with Crippen LogP contribution in [0.25, 0.3) is 27.8 Å². The number of rotatable bonds is 2. The van der Waals surface area contributed by atoms with Crippen LogP contribution in [-0.2, 0) is 0 Å². The molecular weight excluding hydrogens is 268 g/mol. The predicted octanol–water partition coefficient (Wildman–Crippen LogP) is 5.00. The van der Waals surface area contributed by atoms with Crippen LogP contribution in [0.5, 0.6) is 0 Å². The molecule has 22 heavy (non-hydrogen) atoms. The molecule has 2 nitrogen and oxygen atoms in total. The van der Waals surface area contributed by atoms with E-state index in [4.69, 9.17) is 0 Å². The molecule has 0 aliphatic heterocycles. The lowest BCUT2D eigenvalue weighted by molar-refractivity contribution is 1.13. The number of aryl methyl sites for hydroxylation is 1. The molecule has 0 radical (unpaired) electrons. The van der Waals surface area contributed by atoms with Crippen LogP contribution in [0.15, 0.2) is 79.1 Å². The van der Waals surface area contributed by atoms with Gasteiger partial charge in [-0.15, -0.1) is 0 Å². The van der Waals surface area contributed by atoms with E-state index in [2.05, 4.69) is 77.1 Å². The number of pyridine rings is 1. The summed E-state index contributed by atoms with van der Waals surface area (Å²) >= 11 is 0. The number of benzene rings is 2. The van der Waals surface area contributed by atoms with Gasteiger partial charge in [0.15, 0.2) is 0 Å². The summed E-state index contributed by atoms with van der Waals surface area (Å²) in [6.45, 7) is 2.11. The van der Waals surface area contributed by atoms with Crippen molar-refractivity contribution in [2.45, 2.75) is 6.92 Å². The first kappa shape index (κ1) is 12.8. The van der Waals surface area contributed by atoms with Crippen LogP contribution in [-0.4, -0.2) is 9.55 Å². The Balaban J connectivity index is 2.04. The van der Waals surface area contributed by atoms with E-state index in [-0.39, 0.29) is 0 Å². The number of aromatic nitrogens is 2. The quantitative estimate of drug-likeness (QED) is 0.506. The standard InChI is InChI=1S/C20H16N2/c1-15-7-9-18(10-8-15)22-19-11-12-21-14-17(19)13-20(22)16-5-3-2-4-6-16/h2-14H,1H3.